The van der Waals surface area contributed by atoms with E-state index in [0.29, 0.717) is 32.8 Å². The Bertz CT molecular complexity index is 481. The Hall–Kier alpha value is -1.63. The number of benzene rings is 1. The molecule has 0 aromatic heterocycles. The smallest absolute Gasteiger partial charge is 0.319 e. The van der Waals surface area contributed by atoms with Gasteiger partial charge in [0.25, 0.3) is 0 Å². The van der Waals surface area contributed by atoms with Crippen LogP contribution in [0.5, 0.6) is 0 Å². The summed E-state index contributed by atoms with van der Waals surface area (Å²) in [7, 11) is 3.46. The minimum absolute atomic E-state index is 0.0498. The third-order valence-corrected chi connectivity index (χ3v) is 3.90. The summed E-state index contributed by atoms with van der Waals surface area (Å²) in [6, 6.07) is 10.0. The molecule has 0 spiro atoms. The zero-order valence-electron chi connectivity index (χ0n) is 14.0. The van der Waals surface area contributed by atoms with E-state index >= 15 is 0 Å². The topological polar surface area (TPSA) is 56.3 Å². The number of rotatable bonds is 5. The molecule has 2 amide bonds. The van der Waals surface area contributed by atoms with Crippen molar-refractivity contribution in [2.24, 2.45) is 0 Å². The van der Waals surface area contributed by atoms with E-state index in [1.807, 2.05) is 30.3 Å². The summed E-state index contributed by atoms with van der Waals surface area (Å²) >= 11 is 0. The van der Waals surface area contributed by atoms with Crippen molar-refractivity contribution in [2.45, 2.75) is 12.7 Å². The molecule has 6 nitrogen and oxygen atoms in total. The Morgan fingerprint density at radius 1 is 1.26 bits per heavy atom. The van der Waals surface area contributed by atoms with Crippen LogP contribution in [0.2, 0.25) is 0 Å². The van der Waals surface area contributed by atoms with Crippen LogP contribution < -0.4 is 0 Å². The lowest BCUT2D eigenvalue weighted by Gasteiger charge is -2.25. The second kappa shape index (κ2) is 8.86. The van der Waals surface area contributed by atoms with Gasteiger partial charge in [-0.3, -0.25) is 4.90 Å². The second-order valence-corrected chi connectivity index (χ2v) is 6.12. The summed E-state index contributed by atoms with van der Waals surface area (Å²) in [6.45, 7) is 4.32. The van der Waals surface area contributed by atoms with Crippen molar-refractivity contribution < 1.29 is 14.6 Å². The van der Waals surface area contributed by atoms with Crippen molar-refractivity contribution in [3.05, 3.63) is 35.9 Å². The Labute approximate surface area is 138 Å². The first-order chi connectivity index (χ1) is 11.1. The minimum Gasteiger partial charge on any atom is -0.390 e. The molecule has 1 heterocycles. The van der Waals surface area contributed by atoms with Crippen LogP contribution in [0.15, 0.2) is 30.3 Å². The van der Waals surface area contributed by atoms with Gasteiger partial charge in [0.05, 0.1) is 19.3 Å². The van der Waals surface area contributed by atoms with Crippen LogP contribution in [0.25, 0.3) is 0 Å². The summed E-state index contributed by atoms with van der Waals surface area (Å²) in [5.74, 6) is 0. The van der Waals surface area contributed by atoms with Crippen LogP contribution in [0, 0.1) is 0 Å². The third kappa shape index (κ3) is 5.82. The van der Waals surface area contributed by atoms with Gasteiger partial charge < -0.3 is 19.6 Å². The Morgan fingerprint density at radius 2 is 2.00 bits per heavy atom. The standard InChI is InChI=1S/C17H27N3O3/c1-18(2)17(22)20-9-8-19(12-16(21)13-20)10-11-23-14-15-6-4-3-5-7-15/h3-7,16,21H,8-14H2,1-2H3/t16-/m0/s1. The van der Waals surface area contributed by atoms with E-state index in [1.165, 1.54) is 0 Å². The molecule has 1 aromatic rings. The van der Waals surface area contributed by atoms with Crippen LogP contribution in [0.1, 0.15) is 5.56 Å². The van der Waals surface area contributed by atoms with Gasteiger partial charge in [0, 0.05) is 46.8 Å². The monoisotopic (exact) mass is 321 g/mol. The van der Waals surface area contributed by atoms with Crippen LogP contribution in [0.4, 0.5) is 4.79 Å². The molecule has 1 N–H and O–H groups in total. The predicted molar refractivity (Wildman–Crippen MR) is 89.2 cm³/mol. The minimum atomic E-state index is -0.518. The van der Waals surface area contributed by atoms with Crippen LogP contribution in [-0.4, -0.2) is 85.4 Å². The number of nitrogens with zero attached hydrogens (tertiary/aromatic N) is 3. The maximum Gasteiger partial charge on any atom is 0.319 e. The number of hydrogen-bond acceptors (Lipinski definition) is 4. The highest BCUT2D eigenvalue weighted by atomic mass is 16.5. The lowest BCUT2D eigenvalue weighted by Crippen LogP contribution is -2.43. The fourth-order valence-electron chi connectivity index (χ4n) is 2.67. The quantitative estimate of drug-likeness (QED) is 0.818. The van der Waals surface area contributed by atoms with Crippen molar-refractivity contribution >= 4 is 6.03 Å². The molecule has 0 aliphatic carbocycles. The van der Waals surface area contributed by atoms with Gasteiger partial charge in [-0.15, -0.1) is 0 Å². The van der Waals surface area contributed by atoms with Crippen LogP contribution in [0.3, 0.4) is 0 Å². The Balaban J connectivity index is 1.72. The first-order valence-corrected chi connectivity index (χ1v) is 8.04. The van der Waals surface area contributed by atoms with Gasteiger partial charge in [-0.2, -0.15) is 0 Å². The molecule has 1 saturated heterocycles. The maximum absolute atomic E-state index is 12.0. The summed E-state index contributed by atoms with van der Waals surface area (Å²) in [6.07, 6.45) is -0.518. The summed E-state index contributed by atoms with van der Waals surface area (Å²) in [4.78, 5) is 17.4. The first kappa shape index (κ1) is 17.7. The number of ether oxygens (including phenoxy) is 1. The van der Waals surface area contributed by atoms with E-state index in [0.717, 1.165) is 18.7 Å². The largest absolute Gasteiger partial charge is 0.390 e. The molecule has 1 aliphatic rings. The van der Waals surface area contributed by atoms with Gasteiger partial charge in [-0.1, -0.05) is 30.3 Å². The van der Waals surface area contributed by atoms with Crippen molar-refractivity contribution in [2.75, 3.05) is 53.4 Å². The van der Waals surface area contributed by atoms with Gasteiger partial charge in [0.15, 0.2) is 0 Å². The number of β-amino-alcohol motifs (C(OH)–C–C–N with tert-alkyl or cyclic N) is 1. The number of carbonyl (C=O) groups is 1. The van der Waals surface area contributed by atoms with Crippen molar-refractivity contribution in [1.29, 1.82) is 0 Å². The molecule has 1 aromatic carbocycles. The molecule has 0 saturated carbocycles. The van der Waals surface area contributed by atoms with Gasteiger partial charge >= 0.3 is 6.03 Å². The van der Waals surface area contributed by atoms with Gasteiger partial charge in [0.2, 0.25) is 0 Å². The molecule has 0 radical (unpaired) electrons. The predicted octanol–water partition coefficient (Wildman–Crippen LogP) is 0.863. The molecule has 1 aliphatic heterocycles. The lowest BCUT2D eigenvalue weighted by molar-refractivity contribution is 0.0737. The highest BCUT2D eigenvalue weighted by molar-refractivity contribution is 5.73. The van der Waals surface area contributed by atoms with E-state index in [2.05, 4.69) is 4.90 Å². The maximum atomic E-state index is 12.0. The fraction of sp³-hybridized carbons (Fsp3) is 0.588. The Morgan fingerprint density at radius 3 is 2.70 bits per heavy atom. The van der Waals surface area contributed by atoms with Crippen molar-refractivity contribution in [3.8, 4) is 0 Å². The Kier molecular flexibility index (Phi) is 6.83. The van der Waals surface area contributed by atoms with E-state index in [1.54, 1.807) is 23.9 Å². The summed E-state index contributed by atoms with van der Waals surface area (Å²) < 4.78 is 5.70. The zero-order valence-corrected chi connectivity index (χ0v) is 14.0. The molecule has 23 heavy (non-hydrogen) atoms. The van der Waals surface area contributed by atoms with Gasteiger partial charge in [-0.25, -0.2) is 4.79 Å². The van der Waals surface area contributed by atoms with E-state index < -0.39 is 6.10 Å². The lowest BCUT2D eigenvalue weighted by atomic mass is 10.2. The van der Waals surface area contributed by atoms with Crippen molar-refractivity contribution in [1.82, 2.24) is 14.7 Å². The van der Waals surface area contributed by atoms with Gasteiger partial charge in [0.1, 0.15) is 0 Å². The average molecular weight is 321 g/mol. The van der Waals surface area contributed by atoms with E-state index in [9.17, 15) is 9.90 Å². The molecule has 0 unspecified atom stereocenters. The molecule has 6 heteroatoms. The first-order valence-electron chi connectivity index (χ1n) is 8.04. The van der Waals surface area contributed by atoms with E-state index in [4.69, 9.17) is 4.74 Å². The number of carbonyl (C=O) groups excluding carboxylic acids is 1. The zero-order chi connectivity index (χ0) is 16.7. The number of hydrogen-bond donors (Lipinski definition) is 1. The molecular weight excluding hydrogens is 294 g/mol. The average Bonchev–Trinajstić information content (AvgIpc) is 2.73. The summed E-state index contributed by atoms with van der Waals surface area (Å²) in [5.41, 5.74) is 1.16. The number of amides is 2. The van der Waals surface area contributed by atoms with Crippen LogP contribution >= 0.6 is 0 Å². The molecule has 1 atom stereocenters. The fourth-order valence-corrected chi connectivity index (χ4v) is 2.67. The van der Waals surface area contributed by atoms with E-state index in [-0.39, 0.29) is 6.03 Å². The van der Waals surface area contributed by atoms with Gasteiger partial charge in [-0.05, 0) is 5.56 Å². The molecular formula is C17H27N3O3. The van der Waals surface area contributed by atoms with Crippen molar-refractivity contribution in [3.63, 3.8) is 0 Å². The SMILES string of the molecule is CN(C)C(=O)N1CCN(CCOCc2ccccc2)C[C@H](O)C1. The third-order valence-electron chi connectivity index (χ3n) is 3.90. The highest BCUT2D eigenvalue weighted by Crippen LogP contribution is 2.06. The van der Waals surface area contributed by atoms with Crippen LogP contribution in [-0.2, 0) is 11.3 Å². The molecule has 128 valence electrons. The molecule has 1 fully saturated rings. The second-order valence-electron chi connectivity index (χ2n) is 6.12. The summed E-state index contributed by atoms with van der Waals surface area (Å²) in [5, 5.41) is 10.1. The number of aliphatic hydroxyl groups excluding tert-OH is 1. The molecule has 0 bridgehead atoms. The number of aliphatic hydroxyl groups is 1. The highest BCUT2D eigenvalue weighted by Gasteiger charge is 2.24. The normalized spacial score (nSPS) is 19.4. The molecule has 2 rings (SSSR count). The number of urea groups is 1.